The van der Waals surface area contributed by atoms with Crippen LogP contribution in [0.5, 0.6) is 5.75 Å². The van der Waals surface area contributed by atoms with Crippen LogP contribution in [-0.2, 0) is 11.3 Å². The van der Waals surface area contributed by atoms with Crippen molar-refractivity contribution in [3.63, 3.8) is 0 Å². The summed E-state index contributed by atoms with van der Waals surface area (Å²) in [6.45, 7) is 8.83. The average molecular weight is 484 g/mol. The quantitative estimate of drug-likeness (QED) is 0.403. The van der Waals surface area contributed by atoms with E-state index in [0.717, 1.165) is 53.3 Å². The Morgan fingerprint density at radius 2 is 2.03 bits per heavy atom. The summed E-state index contributed by atoms with van der Waals surface area (Å²) in [6, 6.07) is 16.4. The Hall–Kier alpha value is -3.87. The molecule has 2 aromatic heterocycles. The van der Waals surface area contributed by atoms with E-state index in [1.165, 1.54) is 11.1 Å². The molecule has 7 heteroatoms. The molecule has 186 valence electrons. The van der Waals surface area contributed by atoms with Crippen molar-refractivity contribution in [2.24, 2.45) is 5.92 Å². The minimum atomic E-state index is -0.0852. The molecule has 1 saturated heterocycles. The highest BCUT2D eigenvalue weighted by atomic mass is 16.5. The molecular formula is C29H33N5O2. The van der Waals surface area contributed by atoms with E-state index in [2.05, 4.69) is 48.3 Å². The number of anilines is 1. The first-order valence-corrected chi connectivity index (χ1v) is 12.7. The van der Waals surface area contributed by atoms with Crippen LogP contribution in [-0.4, -0.2) is 40.2 Å². The summed E-state index contributed by atoms with van der Waals surface area (Å²) in [6.07, 6.45) is 5.48. The van der Waals surface area contributed by atoms with Gasteiger partial charge < -0.3 is 15.0 Å². The maximum Gasteiger partial charge on any atom is 0.225 e. The topological polar surface area (TPSA) is 71.8 Å². The van der Waals surface area contributed by atoms with Crippen molar-refractivity contribution in [2.75, 3.05) is 24.6 Å². The summed E-state index contributed by atoms with van der Waals surface area (Å²) in [4.78, 5) is 20.0. The van der Waals surface area contributed by atoms with E-state index in [4.69, 9.17) is 14.8 Å². The molecule has 4 aromatic rings. The zero-order chi connectivity index (χ0) is 25.1. The summed E-state index contributed by atoms with van der Waals surface area (Å²) in [5.41, 5.74) is 6.53. The highest BCUT2D eigenvalue weighted by Crippen LogP contribution is 2.29. The van der Waals surface area contributed by atoms with Crippen molar-refractivity contribution in [1.82, 2.24) is 19.9 Å². The van der Waals surface area contributed by atoms with Gasteiger partial charge in [0, 0.05) is 37.6 Å². The Morgan fingerprint density at radius 1 is 1.14 bits per heavy atom. The lowest BCUT2D eigenvalue weighted by atomic mass is 9.97. The number of aryl methyl sites for hydroxylation is 2. The SMILES string of the molecule is CCOc1cccc(CNC(=O)[C@@H]2CCCN(c3nccn4nc(-c5ccc(C)c(C)c5)cc34)C2)c1. The third kappa shape index (κ3) is 5.05. The average Bonchev–Trinajstić information content (AvgIpc) is 3.34. The number of hydrogen-bond donors (Lipinski definition) is 1. The maximum absolute atomic E-state index is 13.1. The second kappa shape index (κ2) is 10.4. The molecule has 0 saturated carbocycles. The molecule has 0 radical (unpaired) electrons. The molecule has 1 amide bonds. The first-order valence-electron chi connectivity index (χ1n) is 12.7. The number of nitrogens with one attached hydrogen (secondary N) is 1. The molecule has 1 aliphatic heterocycles. The number of benzene rings is 2. The molecule has 2 aromatic carbocycles. The van der Waals surface area contributed by atoms with Crippen LogP contribution in [0.4, 0.5) is 5.82 Å². The fourth-order valence-electron chi connectivity index (χ4n) is 4.82. The maximum atomic E-state index is 13.1. The summed E-state index contributed by atoms with van der Waals surface area (Å²) in [7, 11) is 0. The molecule has 36 heavy (non-hydrogen) atoms. The summed E-state index contributed by atoms with van der Waals surface area (Å²) >= 11 is 0. The number of fused-ring (bicyclic) bond motifs is 1. The number of carbonyl (C=O) groups excluding carboxylic acids is 1. The van der Waals surface area contributed by atoms with Crippen LogP contribution < -0.4 is 15.0 Å². The van der Waals surface area contributed by atoms with Crippen LogP contribution >= 0.6 is 0 Å². The second-order valence-electron chi connectivity index (χ2n) is 9.49. The normalized spacial score (nSPS) is 15.8. The van der Waals surface area contributed by atoms with Gasteiger partial charge in [-0.3, -0.25) is 4.79 Å². The van der Waals surface area contributed by atoms with Crippen molar-refractivity contribution < 1.29 is 9.53 Å². The molecule has 1 fully saturated rings. The number of hydrogen-bond acceptors (Lipinski definition) is 5. The van der Waals surface area contributed by atoms with Gasteiger partial charge in [0.2, 0.25) is 5.91 Å². The molecule has 0 aliphatic carbocycles. The van der Waals surface area contributed by atoms with Crippen LogP contribution in [0.2, 0.25) is 0 Å². The van der Waals surface area contributed by atoms with E-state index in [1.54, 1.807) is 6.20 Å². The van der Waals surface area contributed by atoms with E-state index >= 15 is 0 Å². The number of piperidine rings is 1. The van der Waals surface area contributed by atoms with Gasteiger partial charge in [0.1, 0.15) is 11.3 Å². The van der Waals surface area contributed by atoms with E-state index in [0.29, 0.717) is 19.7 Å². The van der Waals surface area contributed by atoms with E-state index in [-0.39, 0.29) is 11.8 Å². The van der Waals surface area contributed by atoms with Crippen LogP contribution in [0.3, 0.4) is 0 Å². The highest BCUT2D eigenvalue weighted by Gasteiger charge is 2.27. The van der Waals surface area contributed by atoms with Gasteiger partial charge in [-0.05, 0) is 74.6 Å². The molecule has 1 atom stereocenters. The van der Waals surface area contributed by atoms with Crippen LogP contribution in [0.25, 0.3) is 16.8 Å². The molecule has 5 rings (SSSR count). The number of nitrogens with zero attached hydrogens (tertiary/aromatic N) is 4. The minimum absolute atomic E-state index is 0.0813. The summed E-state index contributed by atoms with van der Waals surface area (Å²) in [5.74, 6) is 1.70. The first kappa shape index (κ1) is 23.9. The third-order valence-electron chi connectivity index (χ3n) is 6.94. The summed E-state index contributed by atoms with van der Waals surface area (Å²) < 4.78 is 7.47. The highest BCUT2D eigenvalue weighted by molar-refractivity contribution is 5.81. The molecule has 1 N–H and O–H groups in total. The fraction of sp³-hybridized carbons (Fsp3) is 0.345. The van der Waals surface area contributed by atoms with Gasteiger partial charge in [-0.1, -0.05) is 24.3 Å². The Kier molecular flexibility index (Phi) is 6.89. The van der Waals surface area contributed by atoms with Gasteiger partial charge in [-0.2, -0.15) is 5.10 Å². The Labute approximate surface area is 212 Å². The molecule has 0 unspecified atom stereocenters. The number of amides is 1. The van der Waals surface area contributed by atoms with Gasteiger partial charge in [-0.25, -0.2) is 9.50 Å². The Morgan fingerprint density at radius 3 is 2.86 bits per heavy atom. The molecule has 0 bridgehead atoms. The van der Waals surface area contributed by atoms with Gasteiger partial charge in [0.15, 0.2) is 5.82 Å². The monoisotopic (exact) mass is 483 g/mol. The number of carbonyl (C=O) groups is 1. The van der Waals surface area contributed by atoms with Crippen molar-refractivity contribution in [1.29, 1.82) is 0 Å². The van der Waals surface area contributed by atoms with Gasteiger partial charge in [0.25, 0.3) is 0 Å². The van der Waals surface area contributed by atoms with Crippen LogP contribution in [0.1, 0.15) is 36.5 Å². The Bertz CT molecular complexity index is 1380. The van der Waals surface area contributed by atoms with Crippen LogP contribution in [0.15, 0.2) is 60.9 Å². The molecule has 3 heterocycles. The smallest absolute Gasteiger partial charge is 0.225 e. The lowest BCUT2D eigenvalue weighted by Gasteiger charge is -2.33. The fourth-order valence-corrected chi connectivity index (χ4v) is 4.82. The van der Waals surface area contributed by atoms with E-state index < -0.39 is 0 Å². The van der Waals surface area contributed by atoms with Gasteiger partial charge in [-0.15, -0.1) is 0 Å². The Balaban J connectivity index is 1.30. The zero-order valence-corrected chi connectivity index (χ0v) is 21.2. The van der Waals surface area contributed by atoms with Crippen molar-refractivity contribution in [3.8, 4) is 17.0 Å². The molecule has 0 spiro atoms. The van der Waals surface area contributed by atoms with Crippen molar-refractivity contribution in [3.05, 3.63) is 77.6 Å². The number of rotatable bonds is 7. The van der Waals surface area contributed by atoms with Gasteiger partial charge >= 0.3 is 0 Å². The van der Waals surface area contributed by atoms with E-state index in [1.807, 2.05) is 41.9 Å². The third-order valence-corrected chi connectivity index (χ3v) is 6.94. The van der Waals surface area contributed by atoms with E-state index in [9.17, 15) is 4.79 Å². The molecule has 1 aliphatic rings. The molecule has 7 nitrogen and oxygen atoms in total. The van der Waals surface area contributed by atoms with Crippen LogP contribution in [0, 0.1) is 19.8 Å². The standard InChI is InChI=1S/C29H33N5O2/c1-4-36-25-9-5-7-22(16-25)18-31-29(35)24-8-6-13-33(19-24)28-27-17-26(32-34(27)14-12-30-28)23-11-10-20(2)21(3)15-23/h5,7,9-12,14-17,24H,4,6,8,13,18-19H2,1-3H3,(H,31,35)/t24-/m1/s1. The predicted molar refractivity (Wildman–Crippen MR) is 142 cm³/mol. The summed E-state index contributed by atoms with van der Waals surface area (Å²) in [5, 5.41) is 7.93. The molecular weight excluding hydrogens is 450 g/mol. The second-order valence-corrected chi connectivity index (χ2v) is 9.49. The number of aromatic nitrogens is 3. The van der Waals surface area contributed by atoms with Gasteiger partial charge in [0.05, 0.1) is 18.2 Å². The largest absolute Gasteiger partial charge is 0.494 e. The van der Waals surface area contributed by atoms with Crippen molar-refractivity contribution in [2.45, 2.75) is 40.2 Å². The van der Waals surface area contributed by atoms with Crippen molar-refractivity contribution >= 4 is 17.2 Å². The minimum Gasteiger partial charge on any atom is -0.494 e. The lowest BCUT2D eigenvalue weighted by molar-refractivity contribution is -0.125. The zero-order valence-electron chi connectivity index (χ0n) is 21.2. The first-order chi connectivity index (χ1) is 17.5. The lowest BCUT2D eigenvalue weighted by Crippen LogP contribution is -2.43. The number of ether oxygens (including phenoxy) is 1. The predicted octanol–water partition coefficient (Wildman–Crippen LogP) is 4.94.